The van der Waals surface area contributed by atoms with Crippen molar-refractivity contribution in [2.75, 3.05) is 6.61 Å². The van der Waals surface area contributed by atoms with E-state index < -0.39 is 24.1 Å². The molecule has 1 unspecified atom stereocenters. The van der Waals surface area contributed by atoms with Crippen molar-refractivity contribution in [1.82, 2.24) is 15.0 Å². The molecule has 108 valence electrons. The topological polar surface area (TPSA) is 77.1 Å². The van der Waals surface area contributed by atoms with Gasteiger partial charge in [-0.25, -0.2) is 8.78 Å². The molecule has 0 bridgehead atoms. The largest absolute Gasteiger partial charge is 0.465 e. The molecule has 0 aliphatic rings. The molecule has 2 aromatic rings. The van der Waals surface area contributed by atoms with Gasteiger partial charge in [0.25, 0.3) is 17.9 Å². The van der Waals surface area contributed by atoms with Gasteiger partial charge in [0.2, 0.25) is 0 Å². The van der Waals surface area contributed by atoms with E-state index in [1.807, 2.05) is 0 Å². The third-order valence-corrected chi connectivity index (χ3v) is 2.28. The number of aromatic nitrogens is 3. The lowest BCUT2D eigenvalue weighted by Gasteiger charge is -2.11. The highest BCUT2D eigenvalue weighted by molar-refractivity contribution is 5.83. The number of nitrogens with zero attached hydrogens (tertiary/aromatic N) is 2. The summed E-state index contributed by atoms with van der Waals surface area (Å²) in [6.07, 6.45) is -4.00. The van der Waals surface area contributed by atoms with Crippen LogP contribution in [0, 0.1) is 0 Å². The lowest BCUT2D eigenvalue weighted by molar-refractivity contribution is -0.0663. The summed E-state index contributed by atoms with van der Waals surface area (Å²) in [7, 11) is 0. The van der Waals surface area contributed by atoms with E-state index in [-0.39, 0.29) is 23.5 Å². The average Bonchev–Trinajstić information content (AvgIpc) is 2.38. The Morgan fingerprint density at radius 2 is 2.10 bits per heavy atom. The van der Waals surface area contributed by atoms with E-state index >= 15 is 0 Å². The molecule has 1 N–H and O–H groups in total. The van der Waals surface area contributed by atoms with E-state index in [0.29, 0.717) is 0 Å². The van der Waals surface area contributed by atoms with Crippen molar-refractivity contribution in [3.8, 4) is 11.8 Å². The van der Waals surface area contributed by atoms with Crippen molar-refractivity contribution < 1.29 is 22.6 Å². The van der Waals surface area contributed by atoms with Crippen molar-refractivity contribution in [3.63, 3.8) is 0 Å². The average molecular weight is 289 g/mol. The molecule has 0 fully saturated rings. The van der Waals surface area contributed by atoms with Crippen LogP contribution in [0.4, 0.5) is 13.2 Å². The second-order valence-corrected chi connectivity index (χ2v) is 3.64. The molecule has 0 aliphatic heterocycles. The molecule has 2 heterocycles. The van der Waals surface area contributed by atoms with Crippen LogP contribution in [0.3, 0.4) is 0 Å². The number of ether oxygens (including phenoxy) is 2. The molecule has 0 amide bonds. The van der Waals surface area contributed by atoms with E-state index in [4.69, 9.17) is 4.74 Å². The van der Waals surface area contributed by atoms with E-state index in [1.54, 1.807) is 6.92 Å². The fourth-order valence-electron chi connectivity index (χ4n) is 1.51. The zero-order valence-corrected chi connectivity index (χ0v) is 10.3. The third kappa shape index (κ3) is 2.81. The van der Waals surface area contributed by atoms with Crippen LogP contribution in [0.2, 0.25) is 0 Å². The van der Waals surface area contributed by atoms with E-state index in [2.05, 4.69) is 19.7 Å². The first-order valence-corrected chi connectivity index (χ1v) is 5.62. The molecule has 9 heteroatoms. The van der Waals surface area contributed by atoms with E-state index in [1.165, 1.54) is 6.20 Å². The van der Waals surface area contributed by atoms with Gasteiger partial charge in [0.05, 0.1) is 19.0 Å². The zero-order valence-electron chi connectivity index (χ0n) is 10.3. The minimum atomic E-state index is -3.33. The second-order valence-electron chi connectivity index (χ2n) is 3.64. The van der Waals surface area contributed by atoms with E-state index in [0.717, 1.165) is 6.20 Å². The molecule has 0 aliphatic carbocycles. The Hall–Kier alpha value is -2.32. The molecule has 2 rings (SSSR count). The van der Waals surface area contributed by atoms with Crippen LogP contribution in [-0.4, -0.2) is 34.3 Å². The van der Waals surface area contributed by atoms with Crippen LogP contribution < -0.4 is 15.0 Å². The minimum Gasteiger partial charge on any atom is -0.465 e. The molecule has 2 aromatic heterocycles. The van der Waals surface area contributed by atoms with Crippen LogP contribution in [-0.2, 0) is 0 Å². The molecule has 0 saturated carbocycles. The predicted molar refractivity (Wildman–Crippen MR) is 62.9 cm³/mol. The van der Waals surface area contributed by atoms with Gasteiger partial charge in [-0.05, 0) is 6.92 Å². The van der Waals surface area contributed by atoms with Gasteiger partial charge in [0.15, 0.2) is 5.75 Å². The van der Waals surface area contributed by atoms with Crippen molar-refractivity contribution in [2.45, 2.75) is 19.7 Å². The van der Waals surface area contributed by atoms with Gasteiger partial charge in [0, 0.05) is 0 Å². The number of hydrogen-bond acceptors (Lipinski definition) is 5. The number of alkyl halides is 3. The maximum atomic E-state index is 12.9. The lowest BCUT2D eigenvalue weighted by Crippen LogP contribution is -2.21. The zero-order chi connectivity index (χ0) is 14.7. The van der Waals surface area contributed by atoms with Gasteiger partial charge < -0.3 is 9.47 Å². The van der Waals surface area contributed by atoms with Crippen molar-refractivity contribution in [1.29, 1.82) is 0 Å². The first-order valence-electron chi connectivity index (χ1n) is 5.62. The van der Waals surface area contributed by atoms with Gasteiger partial charge in [-0.15, -0.1) is 0 Å². The van der Waals surface area contributed by atoms with Crippen molar-refractivity contribution in [3.05, 3.63) is 22.7 Å². The van der Waals surface area contributed by atoms with Crippen molar-refractivity contribution in [2.24, 2.45) is 0 Å². The van der Waals surface area contributed by atoms with Crippen molar-refractivity contribution >= 4 is 10.9 Å². The highest BCUT2D eigenvalue weighted by Gasteiger charge is 2.23. The summed E-state index contributed by atoms with van der Waals surface area (Å²) >= 11 is 0. The molecule has 20 heavy (non-hydrogen) atoms. The Morgan fingerprint density at radius 3 is 2.75 bits per heavy atom. The first-order chi connectivity index (χ1) is 9.52. The Bertz CT molecular complexity index is 662. The number of H-pyrrole nitrogens is 1. The lowest BCUT2D eigenvalue weighted by atomic mass is 10.3. The summed E-state index contributed by atoms with van der Waals surface area (Å²) in [5.74, 6) is -0.410. The number of hydrogen-bond donors (Lipinski definition) is 1. The van der Waals surface area contributed by atoms with Crippen LogP contribution in [0.25, 0.3) is 10.9 Å². The SMILES string of the molecule is CCOc1nc2cncc(OC(F)C(F)F)c2c(=O)[nH]1. The quantitative estimate of drug-likeness (QED) is 0.905. The third-order valence-electron chi connectivity index (χ3n) is 2.28. The maximum Gasteiger partial charge on any atom is 0.304 e. The number of fused-ring (bicyclic) bond motifs is 1. The van der Waals surface area contributed by atoms with Crippen LogP contribution in [0.15, 0.2) is 17.2 Å². The monoisotopic (exact) mass is 289 g/mol. The second kappa shape index (κ2) is 5.76. The molecule has 0 radical (unpaired) electrons. The summed E-state index contributed by atoms with van der Waals surface area (Å²) in [5.41, 5.74) is -0.645. The normalized spacial score (nSPS) is 12.7. The summed E-state index contributed by atoms with van der Waals surface area (Å²) in [4.78, 5) is 21.7. The summed E-state index contributed by atoms with van der Waals surface area (Å²) in [6, 6.07) is -0.0467. The van der Waals surface area contributed by atoms with Crippen LogP contribution in [0.5, 0.6) is 11.8 Å². The van der Waals surface area contributed by atoms with Gasteiger partial charge in [-0.2, -0.15) is 9.37 Å². The highest BCUT2D eigenvalue weighted by Crippen LogP contribution is 2.23. The first kappa shape index (κ1) is 14.1. The van der Waals surface area contributed by atoms with Crippen LogP contribution in [0.1, 0.15) is 6.92 Å². The number of pyridine rings is 1. The van der Waals surface area contributed by atoms with Gasteiger partial charge >= 0.3 is 6.43 Å². The standard InChI is InChI=1S/C11H10F3N3O3/c1-2-19-11-16-5-3-15-4-6(7(5)10(18)17-11)20-9(14)8(12)13/h3-4,8-9H,2H2,1H3,(H,16,17,18). The number of halogens is 3. The maximum absolute atomic E-state index is 12.9. The Kier molecular flexibility index (Phi) is 4.06. The van der Waals surface area contributed by atoms with Gasteiger partial charge in [-0.1, -0.05) is 0 Å². The Labute approximate surface area is 110 Å². The fraction of sp³-hybridized carbons (Fsp3) is 0.364. The summed E-state index contributed by atoms with van der Waals surface area (Å²) in [5, 5.41) is -0.174. The molecule has 0 spiro atoms. The number of rotatable bonds is 5. The van der Waals surface area contributed by atoms with E-state index in [9.17, 15) is 18.0 Å². The molecule has 0 saturated heterocycles. The molecule has 0 aromatic carbocycles. The number of aromatic amines is 1. The highest BCUT2D eigenvalue weighted by atomic mass is 19.3. The smallest absolute Gasteiger partial charge is 0.304 e. The van der Waals surface area contributed by atoms with Gasteiger partial charge in [-0.3, -0.25) is 14.8 Å². The molecular weight excluding hydrogens is 279 g/mol. The Balaban J connectivity index is 2.49. The summed E-state index contributed by atoms with van der Waals surface area (Å²) < 4.78 is 46.6. The molecule has 6 nitrogen and oxygen atoms in total. The molecule has 1 atom stereocenters. The Morgan fingerprint density at radius 1 is 1.35 bits per heavy atom. The fourth-order valence-corrected chi connectivity index (χ4v) is 1.51. The minimum absolute atomic E-state index is 0.0467. The van der Waals surface area contributed by atoms with Crippen LogP contribution >= 0.6 is 0 Å². The number of nitrogens with one attached hydrogen (secondary N) is 1. The summed E-state index contributed by atoms with van der Waals surface area (Å²) in [6.45, 7) is 1.97. The predicted octanol–water partition coefficient (Wildman–Crippen LogP) is 1.66. The molecular formula is C11H10F3N3O3. The van der Waals surface area contributed by atoms with Gasteiger partial charge in [0.1, 0.15) is 10.9 Å².